The van der Waals surface area contributed by atoms with E-state index >= 15 is 0 Å². The Labute approximate surface area is 163 Å². The highest BCUT2D eigenvalue weighted by Gasteiger charge is 2.26. The lowest BCUT2D eigenvalue weighted by Crippen LogP contribution is -2.14. The number of hydrogen-bond acceptors (Lipinski definition) is 2. The average molecular weight is 394 g/mol. The lowest BCUT2D eigenvalue weighted by molar-refractivity contribution is 0.0687. The molecule has 4 aromatic rings. The first-order valence-electron chi connectivity index (χ1n) is 8.85. The zero-order valence-corrected chi connectivity index (χ0v) is 15.4. The largest absolute Gasteiger partial charge is 0.477 e. The van der Waals surface area contributed by atoms with Gasteiger partial charge in [0.15, 0.2) is 0 Å². The van der Waals surface area contributed by atoms with E-state index in [0.717, 1.165) is 0 Å². The van der Waals surface area contributed by atoms with E-state index in [1.54, 1.807) is 19.1 Å². The van der Waals surface area contributed by atoms with E-state index in [-0.39, 0.29) is 34.4 Å². The number of aryl methyl sites for hydroxylation is 1. The normalized spacial score (nSPS) is 11.1. The second kappa shape index (κ2) is 7.01. The van der Waals surface area contributed by atoms with Crippen molar-refractivity contribution in [1.29, 1.82) is 0 Å². The fraction of sp³-hybridized carbons (Fsp3) is 0.0909. The molecular weight excluding hydrogens is 378 g/mol. The highest BCUT2D eigenvalue weighted by atomic mass is 19.1. The number of aromatic nitrogens is 2. The van der Waals surface area contributed by atoms with E-state index in [0.29, 0.717) is 10.9 Å². The van der Waals surface area contributed by atoms with Gasteiger partial charge in [-0.05, 0) is 42.8 Å². The minimum Gasteiger partial charge on any atom is -0.477 e. The minimum atomic E-state index is -1.30. The highest BCUT2D eigenvalue weighted by Crippen LogP contribution is 2.35. The Morgan fingerprint density at radius 3 is 2.55 bits per heavy atom. The third-order valence-electron chi connectivity index (χ3n) is 4.92. The van der Waals surface area contributed by atoms with Crippen molar-refractivity contribution in [1.82, 2.24) is 9.55 Å². The molecule has 0 amide bonds. The summed E-state index contributed by atoms with van der Waals surface area (Å²) in [6.45, 7) is 1.43. The van der Waals surface area contributed by atoms with E-state index in [4.69, 9.17) is 0 Å². The molecule has 0 saturated heterocycles. The highest BCUT2D eigenvalue weighted by molar-refractivity contribution is 6.08. The van der Waals surface area contributed by atoms with Crippen LogP contribution in [0.4, 0.5) is 8.78 Å². The summed E-state index contributed by atoms with van der Waals surface area (Å²) < 4.78 is 30.0. The number of halogens is 2. The van der Waals surface area contributed by atoms with Crippen LogP contribution in [0.25, 0.3) is 22.0 Å². The van der Waals surface area contributed by atoms with Gasteiger partial charge in [0.05, 0.1) is 12.1 Å². The molecule has 0 atom stereocenters. The van der Waals surface area contributed by atoms with Crippen LogP contribution in [0.15, 0.2) is 59.5 Å². The van der Waals surface area contributed by atoms with Crippen LogP contribution in [-0.4, -0.2) is 20.6 Å². The van der Waals surface area contributed by atoms with Crippen molar-refractivity contribution < 1.29 is 18.7 Å². The standard InChI is InChI=1S/C22H16F2N2O3/c1-12-9-15-18(10-17(12)24)26(11-13-5-2-3-7-16(13)23)20(22(28)29)19(15)14-6-4-8-25-21(14)27/h2-10H,11H2,1H3,(H,25,27)(H,28,29). The Hall–Kier alpha value is -3.74. The van der Waals surface area contributed by atoms with Crippen LogP contribution in [0.5, 0.6) is 0 Å². The molecule has 0 aliphatic rings. The summed E-state index contributed by atoms with van der Waals surface area (Å²) >= 11 is 0. The number of carboxylic acids is 1. The van der Waals surface area contributed by atoms with E-state index in [1.165, 1.54) is 47.2 Å². The fourth-order valence-corrected chi connectivity index (χ4v) is 3.55. The molecule has 0 fully saturated rings. The van der Waals surface area contributed by atoms with Gasteiger partial charge in [0.25, 0.3) is 5.56 Å². The summed E-state index contributed by atoms with van der Waals surface area (Å²) in [5.41, 5.74) is 0.480. The molecule has 2 aromatic heterocycles. The predicted molar refractivity (Wildman–Crippen MR) is 105 cm³/mol. The quantitative estimate of drug-likeness (QED) is 0.541. The van der Waals surface area contributed by atoms with Crippen molar-refractivity contribution in [3.63, 3.8) is 0 Å². The summed E-state index contributed by atoms with van der Waals surface area (Å²) in [6, 6.07) is 11.8. The molecule has 0 spiro atoms. The lowest BCUT2D eigenvalue weighted by Gasteiger charge is -2.10. The number of carboxylic acid groups (broad SMARTS) is 1. The molecule has 146 valence electrons. The molecule has 2 heterocycles. The Balaban J connectivity index is 2.12. The first-order valence-corrected chi connectivity index (χ1v) is 8.85. The minimum absolute atomic E-state index is 0.127. The zero-order valence-electron chi connectivity index (χ0n) is 15.4. The van der Waals surface area contributed by atoms with Crippen molar-refractivity contribution in [3.05, 3.63) is 93.5 Å². The molecule has 0 aliphatic heterocycles. The van der Waals surface area contributed by atoms with E-state index in [9.17, 15) is 23.5 Å². The van der Waals surface area contributed by atoms with Gasteiger partial charge < -0.3 is 14.7 Å². The van der Waals surface area contributed by atoms with Crippen molar-refractivity contribution in [3.8, 4) is 11.1 Å². The van der Waals surface area contributed by atoms with Gasteiger partial charge in [0.2, 0.25) is 0 Å². The van der Waals surface area contributed by atoms with E-state index < -0.39 is 23.2 Å². The monoisotopic (exact) mass is 394 g/mol. The molecule has 5 nitrogen and oxygen atoms in total. The predicted octanol–water partition coefficient (Wildman–Crippen LogP) is 4.33. The Bertz CT molecular complexity index is 1320. The summed E-state index contributed by atoms with van der Waals surface area (Å²) in [5.74, 6) is -2.32. The van der Waals surface area contributed by atoms with Gasteiger partial charge in [-0.15, -0.1) is 0 Å². The van der Waals surface area contributed by atoms with Crippen LogP contribution in [-0.2, 0) is 6.54 Å². The maximum absolute atomic E-state index is 14.4. The average Bonchev–Trinajstić information content (AvgIpc) is 2.98. The SMILES string of the molecule is Cc1cc2c(-c3ccc[nH]c3=O)c(C(=O)O)n(Cc3ccccc3F)c2cc1F. The lowest BCUT2D eigenvalue weighted by atomic mass is 10.0. The number of pyridine rings is 1. The molecule has 0 radical (unpaired) electrons. The number of nitrogens with zero attached hydrogens (tertiary/aromatic N) is 1. The van der Waals surface area contributed by atoms with Crippen LogP contribution < -0.4 is 5.56 Å². The molecular formula is C22H16F2N2O3. The number of H-pyrrole nitrogens is 1. The molecule has 2 aromatic carbocycles. The summed E-state index contributed by atoms with van der Waals surface area (Å²) in [4.78, 5) is 27.2. The van der Waals surface area contributed by atoms with Crippen LogP contribution >= 0.6 is 0 Å². The summed E-state index contributed by atoms with van der Waals surface area (Å²) in [6.07, 6.45) is 1.44. The fourth-order valence-electron chi connectivity index (χ4n) is 3.55. The molecule has 7 heteroatoms. The Kier molecular flexibility index (Phi) is 4.50. The maximum Gasteiger partial charge on any atom is 0.353 e. The smallest absolute Gasteiger partial charge is 0.353 e. The van der Waals surface area contributed by atoms with Crippen LogP contribution in [0.2, 0.25) is 0 Å². The molecule has 0 aliphatic carbocycles. The van der Waals surface area contributed by atoms with E-state index in [2.05, 4.69) is 4.98 Å². The van der Waals surface area contributed by atoms with Gasteiger partial charge >= 0.3 is 5.97 Å². The summed E-state index contributed by atoms with van der Waals surface area (Å²) in [5, 5.41) is 10.4. The second-order valence-electron chi connectivity index (χ2n) is 6.74. The number of rotatable bonds is 4. The summed E-state index contributed by atoms with van der Waals surface area (Å²) in [7, 11) is 0. The number of nitrogens with one attached hydrogen (secondary N) is 1. The van der Waals surface area contributed by atoms with E-state index in [1.807, 2.05) is 0 Å². The number of hydrogen-bond donors (Lipinski definition) is 2. The third-order valence-corrected chi connectivity index (χ3v) is 4.92. The van der Waals surface area contributed by atoms with Gasteiger partial charge in [-0.3, -0.25) is 4.79 Å². The number of benzene rings is 2. The van der Waals surface area contributed by atoms with Crippen LogP contribution in [0, 0.1) is 18.6 Å². The van der Waals surface area contributed by atoms with Crippen molar-refractivity contribution in [2.75, 3.05) is 0 Å². The molecule has 4 rings (SSSR count). The number of aromatic carboxylic acids is 1. The number of fused-ring (bicyclic) bond motifs is 1. The van der Waals surface area contributed by atoms with Gasteiger partial charge in [-0.2, -0.15) is 0 Å². The number of aromatic amines is 1. The first kappa shape index (κ1) is 18.6. The molecule has 0 saturated carbocycles. The van der Waals surface area contributed by atoms with Crippen molar-refractivity contribution >= 4 is 16.9 Å². The molecule has 0 unspecified atom stereocenters. The first-order chi connectivity index (χ1) is 13.9. The molecule has 2 N–H and O–H groups in total. The van der Waals surface area contributed by atoms with Gasteiger partial charge in [-0.1, -0.05) is 18.2 Å². The zero-order chi connectivity index (χ0) is 20.7. The number of carbonyl (C=O) groups is 1. The van der Waals surface area contributed by atoms with Crippen molar-refractivity contribution in [2.45, 2.75) is 13.5 Å². The van der Waals surface area contributed by atoms with Gasteiger partial charge in [-0.25, -0.2) is 13.6 Å². The Morgan fingerprint density at radius 1 is 1.10 bits per heavy atom. The molecule has 29 heavy (non-hydrogen) atoms. The molecule has 0 bridgehead atoms. The van der Waals surface area contributed by atoms with Crippen LogP contribution in [0.3, 0.4) is 0 Å². The topological polar surface area (TPSA) is 75.1 Å². The van der Waals surface area contributed by atoms with Gasteiger partial charge in [0, 0.05) is 28.3 Å². The van der Waals surface area contributed by atoms with Crippen molar-refractivity contribution in [2.24, 2.45) is 0 Å². The third kappa shape index (κ3) is 3.10. The maximum atomic E-state index is 14.4. The van der Waals surface area contributed by atoms with Crippen LogP contribution in [0.1, 0.15) is 21.6 Å². The van der Waals surface area contributed by atoms with Gasteiger partial charge in [0.1, 0.15) is 17.3 Å². The Morgan fingerprint density at radius 2 is 1.86 bits per heavy atom. The second-order valence-corrected chi connectivity index (χ2v) is 6.74.